The highest BCUT2D eigenvalue weighted by molar-refractivity contribution is 5.87. The van der Waals surface area contributed by atoms with E-state index in [1.165, 1.54) is 12.1 Å². The van der Waals surface area contributed by atoms with E-state index >= 15 is 0 Å². The highest BCUT2D eigenvalue weighted by Gasteiger charge is 2.25. The predicted octanol–water partition coefficient (Wildman–Crippen LogP) is 3.25. The van der Waals surface area contributed by atoms with Gasteiger partial charge in [-0.1, -0.05) is 12.1 Å². The molecule has 7 nitrogen and oxygen atoms in total. The van der Waals surface area contributed by atoms with Crippen LogP contribution in [0.2, 0.25) is 0 Å². The number of alkyl carbamates (subject to hydrolysis) is 1. The van der Waals surface area contributed by atoms with Crippen LogP contribution in [0, 0.1) is 11.6 Å². The van der Waals surface area contributed by atoms with E-state index in [0.717, 1.165) is 18.2 Å². The number of carboxylic acid groups (broad SMARTS) is 1. The van der Waals surface area contributed by atoms with E-state index in [1.807, 2.05) is 0 Å². The van der Waals surface area contributed by atoms with E-state index < -0.39 is 41.4 Å². The number of carboxylic acids is 1. The number of aromatic carboxylic acids is 1. The predicted molar refractivity (Wildman–Crippen MR) is 114 cm³/mol. The molecule has 2 rings (SSSR count). The van der Waals surface area contributed by atoms with Gasteiger partial charge in [0.15, 0.2) is 0 Å². The summed E-state index contributed by atoms with van der Waals surface area (Å²) >= 11 is 0. The van der Waals surface area contributed by atoms with Crippen molar-refractivity contribution in [1.29, 1.82) is 0 Å². The van der Waals surface area contributed by atoms with Crippen LogP contribution in [0.25, 0.3) is 0 Å². The molecular formula is C23H28F2N2O5. The Morgan fingerprint density at radius 1 is 1.06 bits per heavy atom. The largest absolute Gasteiger partial charge is 0.478 e. The SMILES string of the molecule is CC(C)(C)OC(=O)N[C@@H](Cc1cc(F)cc(F)c1)[C@H](O)CNCc1cccc(C(=O)O)c1. The molecule has 0 aliphatic carbocycles. The van der Waals surface area contributed by atoms with E-state index in [9.17, 15) is 23.5 Å². The average molecular weight is 450 g/mol. The van der Waals surface area contributed by atoms with Crippen molar-refractivity contribution in [2.24, 2.45) is 0 Å². The summed E-state index contributed by atoms with van der Waals surface area (Å²) < 4.78 is 32.4. The fourth-order valence-electron chi connectivity index (χ4n) is 3.05. The van der Waals surface area contributed by atoms with Crippen LogP contribution in [-0.2, 0) is 17.7 Å². The lowest BCUT2D eigenvalue weighted by Crippen LogP contribution is -2.49. The minimum Gasteiger partial charge on any atom is -0.478 e. The van der Waals surface area contributed by atoms with Gasteiger partial charge in [-0.15, -0.1) is 0 Å². The Morgan fingerprint density at radius 2 is 1.72 bits per heavy atom. The molecule has 0 radical (unpaired) electrons. The molecule has 9 heteroatoms. The molecule has 0 unspecified atom stereocenters. The molecule has 32 heavy (non-hydrogen) atoms. The van der Waals surface area contributed by atoms with E-state index in [2.05, 4.69) is 10.6 Å². The van der Waals surface area contributed by atoms with Crippen molar-refractivity contribution in [2.75, 3.05) is 6.54 Å². The quantitative estimate of drug-likeness (QED) is 0.467. The molecule has 0 bridgehead atoms. The number of amides is 1. The molecule has 0 heterocycles. The van der Waals surface area contributed by atoms with Gasteiger partial charge in [0.2, 0.25) is 0 Å². The fourth-order valence-corrected chi connectivity index (χ4v) is 3.05. The summed E-state index contributed by atoms with van der Waals surface area (Å²) in [4.78, 5) is 23.3. The molecule has 0 saturated heterocycles. The zero-order valence-corrected chi connectivity index (χ0v) is 18.2. The number of rotatable bonds is 9. The maximum atomic E-state index is 13.6. The van der Waals surface area contributed by atoms with Crippen LogP contribution in [0.3, 0.4) is 0 Å². The van der Waals surface area contributed by atoms with Crippen LogP contribution in [0.4, 0.5) is 13.6 Å². The van der Waals surface area contributed by atoms with Crippen molar-refractivity contribution in [3.05, 3.63) is 70.8 Å². The Balaban J connectivity index is 2.06. The van der Waals surface area contributed by atoms with Gasteiger partial charge in [0.1, 0.15) is 17.2 Å². The molecule has 0 aromatic heterocycles. The minimum absolute atomic E-state index is 0.0234. The molecule has 2 aromatic rings. The number of nitrogens with one attached hydrogen (secondary N) is 2. The molecule has 0 fully saturated rings. The molecule has 2 aromatic carbocycles. The van der Waals surface area contributed by atoms with Gasteiger partial charge in [-0.25, -0.2) is 18.4 Å². The summed E-state index contributed by atoms with van der Waals surface area (Å²) in [7, 11) is 0. The standard InChI is InChI=1S/C23H28F2N2O5/c1-23(2,3)32-22(31)27-19(10-15-8-17(24)11-18(25)9-15)20(28)13-26-12-14-5-4-6-16(7-14)21(29)30/h4-9,11,19-20,26,28H,10,12-13H2,1-3H3,(H,27,31)(H,29,30)/t19-,20+/m0/s1. The Bertz CT molecular complexity index is 926. The van der Waals surface area contributed by atoms with Crippen LogP contribution in [0.15, 0.2) is 42.5 Å². The molecule has 174 valence electrons. The van der Waals surface area contributed by atoms with E-state index in [-0.39, 0.29) is 30.6 Å². The number of hydrogen-bond acceptors (Lipinski definition) is 5. The van der Waals surface area contributed by atoms with Crippen LogP contribution in [0.5, 0.6) is 0 Å². The van der Waals surface area contributed by atoms with Gasteiger partial charge in [0, 0.05) is 19.2 Å². The number of aliphatic hydroxyl groups excluding tert-OH is 1. The third kappa shape index (κ3) is 8.60. The number of carbonyl (C=O) groups excluding carboxylic acids is 1. The first-order valence-electron chi connectivity index (χ1n) is 10.1. The molecule has 0 aliphatic heterocycles. The van der Waals surface area contributed by atoms with Gasteiger partial charge in [0.05, 0.1) is 17.7 Å². The first kappa shape index (κ1) is 25.2. The van der Waals surface area contributed by atoms with Gasteiger partial charge in [0.25, 0.3) is 0 Å². The molecule has 1 amide bonds. The summed E-state index contributed by atoms with van der Waals surface area (Å²) in [5.74, 6) is -2.57. The van der Waals surface area contributed by atoms with Gasteiger partial charge < -0.3 is 25.6 Å². The second kappa shape index (κ2) is 11.0. The maximum Gasteiger partial charge on any atom is 0.407 e. The first-order valence-corrected chi connectivity index (χ1v) is 10.1. The Hall–Kier alpha value is -3.04. The molecular weight excluding hydrogens is 422 g/mol. The van der Waals surface area contributed by atoms with Crippen LogP contribution >= 0.6 is 0 Å². The second-order valence-electron chi connectivity index (χ2n) is 8.44. The van der Waals surface area contributed by atoms with Crippen molar-refractivity contribution < 1.29 is 33.3 Å². The average Bonchev–Trinajstić information content (AvgIpc) is 2.65. The molecule has 0 aliphatic rings. The Kier molecular flexibility index (Phi) is 8.68. The number of benzene rings is 2. The summed E-state index contributed by atoms with van der Waals surface area (Å²) in [5.41, 5.74) is 0.331. The number of carbonyl (C=O) groups is 2. The third-order valence-corrected chi connectivity index (χ3v) is 4.40. The summed E-state index contributed by atoms with van der Waals surface area (Å²) in [5, 5.41) is 25.3. The van der Waals surface area contributed by atoms with Crippen molar-refractivity contribution in [3.63, 3.8) is 0 Å². The van der Waals surface area contributed by atoms with Crippen LogP contribution < -0.4 is 10.6 Å². The lowest BCUT2D eigenvalue weighted by Gasteiger charge is -2.27. The van der Waals surface area contributed by atoms with E-state index in [1.54, 1.807) is 32.9 Å². The minimum atomic E-state index is -1.13. The molecule has 0 saturated carbocycles. The third-order valence-electron chi connectivity index (χ3n) is 4.40. The molecule has 2 atom stereocenters. The van der Waals surface area contributed by atoms with E-state index in [4.69, 9.17) is 9.84 Å². The van der Waals surface area contributed by atoms with Crippen LogP contribution in [-0.4, -0.2) is 46.6 Å². The van der Waals surface area contributed by atoms with Crippen molar-refractivity contribution in [1.82, 2.24) is 10.6 Å². The Labute approximate surface area is 185 Å². The summed E-state index contributed by atoms with van der Waals surface area (Å²) in [6, 6.07) is 8.43. The number of ether oxygens (including phenoxy) is 1. The monoisotopic (exact) mass is 450 g/mol. The second-order valence-corrected chi connectivity index (χ2v) is 8.44. The van der Waals surface area contributed by atoms with Crippen molar-refractivity contribution in [2.45, 2.75) is 51.5 Å². The fraction of sp³-hybridized carbons (Fsp3) is 0.391. The smallest absolute Gasteiger partial charge is 0.407 e. The van der Waals surface area contributed by atoms with E-state index in [0.29, 0.717) is 5.56 Å². The van der Waals surface area contributed by atoms with Gasteiger partial charge in [-0.3, -0.25) is 0 Å². The summed E-state index contributed by atoms with van der Waals surface area (Å²) in [6.07, 6.45) is -1.94. The number of halogens is 2. The number of hydrogen-bond donors (Lipinski definition) is 4. The van der Waals surface area contributed by atoms with Gasteiger partial charge >= 0.3 is 12.1 Å². The van der Waals surface area contributed by atoms with Gasteiger partial charge in [-0.2, -0.15) is 0 Å². The van der Waals surface area contributed by atoms with Crippen LogP contribution in [0.1, 0.15) is 42.3 Å². The maximum absolute atomic E-state index is 13.6. The topological polar surface area (TPSA) is 108 Å². The summed E-state index contributed by atoms with van der Waals surface area (Å²) in [6.45, 7) is 5.35. The normalized spacial score (nSPS) is 13.3. The molecule has 0 spiro atoms. The first-order chi connectivity index (χ1) is 14.9. The lowest BCUT2D eigenvalue weighted by atomic mass is 10.0. The Morgan fingerprint density at radius 3 is 2.31 bits per heavy atom. The van der Waals surface area contributed by atoms with Crippen molar-refractivity contribution >= 4 is 12.1 Å². The highest BCUT2D eigenvalue weighted by atomic mass is 19.1. The van der Waals surface area contributed by atoms with Crippen molar-refractivity contribution in [3.8, 4) is 0 Å². The van der Waals surface area contributed by atoms with Gasteiger partial charge in [-0.05, 0) is 62.6 Å². The number of aliphatic hydroxyl groups is 1. The highest BCUT2D eigenvalue weighted by Crippen LogP contribution is 2.13. The zero-order valence-electron chi connectivity index (χ0n) is 18.2. The molecule has 4 N–H and O–H groups in total. The lowest BCUT2D eigenvalue weighted by molar-refractivity contribution is 0.0422. The zero-order chi connectivity index (χ0) is 23.9.